The predicted octanol–water partition coefficient (Wildman–Crippen LogP) is 2.25. The van der Waals surface area contributed by atoms with Gasteiger partial charge in [-0.2, -0.15) is 0 Å². The molecule has 0 unspecified atom stereocenters. The van der Waals surface area contributed by atoms with E-state index in [2.05, 4.69) is 10.6 Å². The molecule has 0 spiro atoms. The molecule has 0 atom stereocenters. The quantitative estimate of drug-likeness (QED) is 0.646. The van der Waals surface area contributed by atoms with E-state index in [1.165, 1.54) is 19.8 Å². The van der Waals surface area contributed by atoms with Gasteiger partial charge in [-0.25, -0.2) is 0 Å². The third-order valence-corrected chi connectivity index (χ3v) is 4.23. The Balaban J connectivity index is 1.72. The van der Waals surface area contributed by atoms with Crippen molar-refractivity contribution in [2.45, 2.75) is 13.8 Å². The van der Waals surface area contributed by atoms with E-state index < -0.39 is 0 Å². The number of rotatable bonds is 9. The van der Waals surface area contributed by atoms with E-state index in [-0.39, 0.29) is 18.4 Å². The van der Waals surface area contributed by atoms with E-state index in [0.717, 1.165) is 5.56 Å². The number of hydrogen-bond donors (Lipinski definition) is 2. The summed E-state index contributed by atoms with van der Waals surface area (Å²) < 4.78 is 15.8. The Morgan fingerprint density at radius 2 is 1.57 bits per heavy atom. The summed E-state index contributed by atoms with van der Waals surface area (Å²) in [6.07, 6.45) is 0. The lowest BCUT2D eigenvalue weighted by Crippen LogP contribution is -2.36. The van der Waals surface area contributed by atoms with Crippen LogP contribution in [0.5, 0.6) is 17.2 Å². The number of benzene rings is 2. The number of hydrogen-bond acceptors (Lipinski definition) is 5. The largest absolute Gasteiger partial charge is 0.493 e. The molecule has 2 aromatic carbocycles. The third kappa shape index (κ3) is 5.90. The molecule has 7 nitrogen and oxygen atoms in total. The highest BCUT2D eigenvalue weighted by atomic mass is 16.5. The van der Waals surface area contributed by atoms with Crippen LogP contribution in [0.1, 0.15) is 21.5 Å². The Bertz CT molecular complexity index is 836. The minimum atomic E-state index is -0.262. The summed E-state index contributed by atoms with van der Waals surface area (Å²) in [5.74, 6) is 1.17. The minimum absolute atomic E-state index is 0.0773. The van der Waals surface area contributed by atoms with Crippen molar-refractivity contribution in [3.63, 3.8) is 0 Å². The molecule has 0 heterocycles. The first-order valence-electron chi connectivity index (χ1n) is 8.91. The second-order valence-electron chi connectivity index (χ2n) is 6.21. The van der Waals surface area contributed by atoms with E-state index >= 15 is 0 Å². The average Bonchev–Trinajstić information content (AvgIpc) is 2.71. The van der Waals surface area contributed by atoms with Gasteiger partial charge in [-0.1, -0.05) is 6.07 Å². The summed E-state index contributed by atoms with van der Waals surface area (Å²) in [7, 11) is 3.04. The van der Waals surface area contributed by atoms with Gasteiger partial charge >= 0.3 is 0 Å². The van der Waals surface area contributed by atoms with Gasteiger partial charge in [-0.15, -0.1) is 0 Å². The summed E-state index contributed by atoms with van der Waals surface area (Å²) in [6.45, 7) is 4.52. The highest BCUT2D eigenvalue weighted by Crippen LogP contribution is 2.27. The van der Waals surface area contributed by atoms with E-state index in [4.69, 9.17) is 14.2 Å². The molecule has 2 aromatic rings. The monoisotopic (exact) mass is 386 g/mol. The zero-order valence-electron chi connectivity index (χ0n) is 16.6. The van der Waals surface area contributed by atoms with Gasteiger partial charge in [0, 0.05) is 18.7 Å². The highest BCUT2D eigenvalue weighted by molar-refractivity contribution is 5.94. The molecule has 0 aromatic heterocycles. The molecule has 0 saturated heterocycles. The average molecular weight is 386 g/mol. The van der Waals surface area contributed by atoms with Crippen LogP contribution >= 0.6 is 0 Å². The Kier molecular flexibility index (Phi) is 7.68. The summed E-state index contributed by atoms with van der Waals surface area (Å²) in [4.78, 5) is 24.0. The second-order valence-corrected chi connectivity index (χ2v) is 6.21. The third-order valence-electron chi connectivity index (χ3n) is 4.23. The van der Waals surface area contributed by atoms with Crippen molar-refractivity contribution in [3.05, 3.63) is 53.1 Å². The number of nitrogens with one attached hydrogen (secondary N) is 2. The summed E-state index contributed by atoms with van der Waals surface area (Å²) in [5.41, 5.74) is 2.72. The molecule has 2 amide bonds. The van der Waals surface area contributed by atoms with Crippen molar-refractivity contribution in [2.75, 3.05) is 33.9 Å². The molecule has 0 bridgehead atoms. The van der Waals surface area contributed by atoms with Gasteiger partial charge in [0.2, 0.25) is 0 Å². The van der Waals surface area contributed by atoms with Crippen LogP contribution in [0.2, 0.25) is 0 Å². The molecule has 28 heavy (non-hydrogen) atoms. The van der Waals surface area contributed by atoms with Crippen molar-refractivity contribution >= 4 is 11.8 Å². The van der Waals surface area contributed by atoms with Gasteiger partial charge in [0.1, 0.15) is 5.75 Å². The fourth-order valence-corrected chi connectivity index (χ4v) is 2.46. The van der Waals surface area contributed by atoms with Crippen molar-refractivity contribution in [2.24, 2.45) is 0 Å². The zero-order chi connectivity index (χ0) is 20.5. The Morgan fingerprint density at radius 1 is 0.857 bits per heavy atom. The standard InChI is InChI=1S/C21H26N2O5/c1-14-5-7-17(11-15(14)2)28-13-20(24)22-9-10-23-21(25)16-6-8-18(26-3)19(12-16)27-4/h5-8,11-12H,9-10,13H2,1-4H3,(H,22,24)(H,23,25). The molecule has 0 saturated carbocycles. The smallest absolute Gasteiger partial charge is 0.258 e. The predicted molar refractivity (Wildman–Crippen MR) is 106 cm³/mol. The van der Waals surface area contributed by atoms with Crippen LogP contribution in [0, 0.1) is 13.8 Å². The first-order chi connectivity index (χ1) is 13.4. The number of aryl methyl sites for hydroxylation is 2. The summed E-state index contributed by atoms with van der Waals surface area (Å²) in [5, 5.41) is 5.44. The van der Waals surface area contributed by atoms with Gasteiger partial charge in [0.15, 0.2) is 18.1 Å². The van der Waals surface area contributed by atoms with Gasteiger partial charge in [-0.05, 0) is 55.3 Å². The van der Waals surface area contributed by atoms with E-state index in [9.17, 15) is 9.59 Å². The number of amides is 2. The van der Waals surface area contributed by atoms with Gasteiger partial charge in [0.05, 0.1) is 14.2 Å². The molecule has 7 heteroatoms. The molecule has 2 rings (SSSR count). The molecule has 2 N–H and O–H groups in total. The lowest BCUT2D eigenvalue weighted by atomic mass is 10.1. The van der Waals surface area contributed by atoms with Crippen LogP contribution in [0.15, 0.2) is 36.4 Å². The van der Waals surface area contributed by atoms with E-state index in [1.807, 2.05) is 32.0 Å². The maximum Gasteiger partial charge on any atom is 0.258 e. The van der Waals surface area contributed by atoms with Crippen LogP contribution in [-0.2, 0) is 4.79 Å². The molecule has 0 aliphatic carbocycles. The van der Waals surface area contributed by atoms with Crippen molar-refractivity contribution in [1.82, 2.24) is 10.6 Å². The number of carbonyl (C=O) groups is 2. The maximum absolute atomic E-state index is 12.2. The molecule has 150 valence electrons. The highest BCUT2D eigenvalue weighted by Gasteiger charge is 2.10. The van der Waals surface area contributed by atoms with Crippen LogP contribution < -0.4 is 24.8 Å². The van der Waals surface area contributed by atoms with Crippen LogP contribution in [0.3, 0.4) is 0 Å². The van der Waals surface area contributed by atoms with Crippen molar-refractivity contribution in [3.8, 4) is 17.2 Å². The topological polar surface area (TPSA) is 85.9 Å². The fourth-order valence-electron chi connectivity index (χ4n) is 2.46. The summed E-state index contributed by atoms with van der Waals surface area (Å²) >= 11 is 0. The Hall–Kier alpha value is -3.22. The minimum Gasteiger partial charge on any atom is -0.493 e. The Morgan fingerprint density at radius 3 is 2.25 bits per heavy atom. The SMILES string of the molecule is COc1ccc(C(=O)NCCNC(=O)COc2ccc(C)c(C)c2)cc1OC. The molecule has 0 fully saturated rings. The number of carbonyl (C=O) groups excluding carboxylic acids is 2. The molecule has 0 aliphatic rings. The normalized spacial score (nSPS) is 10.1. The Labute approximate surface area is 165 Å². The number of methoxy groups -OCH3 is 2. The number of ether oxygens (including phenoxy) is 3. The van der Waals surface area contributed by atoms with Crippen LogP contribution in [0.25, 0.3) is 0 Å². The second kappa shape index (κ2) is 10.2. The first kappa shape index (κ1) is 21.1. The van der Waals surface area contributed by atoms with E-state index in [1.54, 1.807) is 18.2 Å². The van der Waals surface area contributed by atoms with Gasteiger partial charge < -0.3 is 24.8 Å². The molecule has 0 aliphatic heterocycles. The lowest BCUT2D eigenvalue weighted by Gasteiger charge is -2.11. The fraction of sp³-hybridized carbons (Fsp3) is 0.333. The zero-order valence-corrected chi connectivity index (χ0v) is 16.6. The maximum atomic E-state index is 12.2. The van der Waals surface area contributed by atoms with Crippen LogP contribution in [-0.4, -0.2) is 45.7 Å². The summed E-state index contributed by atoms with van der Waals surface area (Å²) in [6, 6.07) is 10.6. The van der Waals surface area contributed by atoms with Crippen molar-refractivity contribution < 1.29 is 23.8 Å². The van der Waals surface area contributed by atoms with Gasteiger partial charge in [0.25, 0.3) is 11.8 Å². The molecule has 0 radical (unpaired) electrons. The van der Waals surface area contributed by atoms with Crippen molar-refractivity contribution in [1.29, 1.82) is 0 Å². The molecular formula is C21H26N2O5. The van der Waals surface area contributed by atoms with Gasteiger partial charge in [-0.3, -0.25) is 9.59 Å². The van der Waals surface area contributed by atoms with Crippen LogP contribution in [0.4, 0.5) is 0 Å². The molecular weight excluding hydrogens is 360 g/mol. The first-order valence-corrected chi connectivity index (χ1v) is 8.91. The lowest BCUT2D eigenvalue weighted by molar-refractivity contribution is -0.123. The van der Waals surface area contributed by atoms with E-state index in [0.29, 0.717) is 35.9 Å².